The van der Waals surface area contributed by atoms with Gasteiger partial charge in [0.15, 0.2) is 0 Å². The van der Waals surface area contributed by atoms with Gasteiger partial charge in [0.1, 0.15) is 0 Å². The van der Waals surface area contributed by atoms with Gasteiger partial charge in [0, 0.05) is 10.5 Å². The lowest BCUT2D eigenvalue weighted by Crippen LogP contribution is -2.18. The zero-order valence-corrected chi connectivity index (χ0v) is 7.56. The smallest absolute Gasteiger partial charge is 0.304 e. The monoisotopic (exact) mass is 174 g/mol. The van der Waals surface area contributed by atoms with Gasteiger partial charge < -0.3 is 5.11 Å². The van der Waals surface area contributed by atoms with Gasteiger partial charge >= 0.3 is 5.97 Å². The summed E-state index contributed by atoms with van der Waals surface area (Å²) in [6, 6.07) is 0. The summed E-state index contributed by atoms with van der Waals surface area (Å²) in [5.41, 5.74) is 0. The van der Waals surface area contributed by atoms with E-state index in [0.717, 1.165) is 5.25 Å². The predicted molar refractivity (Wildman–Crippen MR) is 46.9 cm³/mol. The Morgan fingerprint density at radius 2 is 2.36 bits per heavy atom. The van der Waals surface area contributed by atoms with Gasteiger partial charge in [0.25, 0.3) is 0 Å². The van der Waals surface area contributed by atoms with E-state index in [0.29, 0.717) is 6.42 Å². The molecular formula is C8H14O2S. The first kappa shape index (κ1) is 8.91. The van der Waals surface area contributed by atoms with Crippen LogP contribution < -0.4 is 0 Å². The number of carboxylic acids is 1. The maximum Gasteiger partial charge on any atom is 0.304 e. The van der Waals surface area contributed by atoms with E-state index in [9.17, 15) is 4.79 Å². The first-order valence-electron chi connectivity index (χ1n) is 4.05. The van der Waals surface area contributed by atoms with Crippen molar-refractivity contribution in [2.24, 2.45) is 0 Å². The average molecular weight is 174 g/mol. The number of thioether (sulfide) groups is 1. The van der Waals surface area contributed by atoms with Gasteiger partial charge in [0.05, 0.1) is 6.42 Å². The standard InChI is InChI=1S/C8H14O2S/c1-6(5-8(9)10)11-7-3-2-4-7/h6-7H,2-5H2,1H3,(H,9,10). The van der Waals surface area contributed by atoms with Gasteiger partial charge in [-0.25, -0.2) is 0 Å². The highest BCUT2D eigenvalue weighted by molar-refractivity contribution is 8.00. The molecule has 1 saturated carbocycles. The molecule has 1 atom stereocenters. The van der Waals surface area contributed by atoms with E-state index in [4.69, 9.17) is 5.11 Å². The quantitative estimate of drug-likeness (QED) is 0.709. The van der Waals surface area contributed by atoms with Gasteiger partial charge in [-0.15, -0.1) is 0 Å². The van der Waals surface area contributed by atoms with E-state index >= 15 is 0 Å². The number of carbonyl (C=O) groups is 1. The number of rotatable bonds is 4. The molecule has 0 radical (unpaired) electrons. The molecule has 64 valence electrons. The van der Waals surface area contributed by atoms with Crippen LogP contribution in [0.5, 0.6) is 0 Å². The molecule has 0 aromatic heterocycles. The Kier molecular flexibility index (Phi) is 3.24. The zero-order valence-electron chi connectivity index (χ0n) is 6.75. The number of hydrogen-bond donors (Lipinski definition) is 1. The highest BCUT2D eigenvalue weighted by atomic mass is 32.2. The second-order valence-corrected chi connectivity index (χ2v) is 4.84. The summed E-state index contributed by atoms with van der Waals surface area (Å²) >= 11 is 1.83. The molecule has 11 heavy (non-hydrogen) atoms. The predicted octanol–water partition coefficient (Wildman–Crippen LogP) is 2.14. The lowest BCUT2D eigenvalue weighted by Gasteiger charge is -2.27. The van der Waals surface area contributed by atoms with E-state index in [1.54, 1.807) is 0 Å². The first-order chi connectivity index (χ1) is 5.18. The molecule has 0 amide bonds. The Morgan fingerprint density at radius 3 is 2.73 bits per heavy atom. The molecule has 1 aliphatic carbocycles. The second kappa shape index (κ2) is 4.00. The number of carboxylic acid groups (broad SMARTS) is 1. The van der Waals surface area contributed by atoms with Gasteiger partial charge in [0.2, 0.25) is 0 Å². The van der Waals surface area contributed by atoms with Crippen molar-refractivity contribution in [2.75, 3.05) is 0 Å². The van der Waals surface area contributed by atoms with Crippen LogP contribution in [-0.2, 0) is 4.79 Å². The van der Waals surface area contributed by atoms with Crippen molar-refractivity contribution in [3.8, 4) is 0 Å². The van der Waals surface area contributed by atoms with Gasteiger partial charge in [-0.2, -0.15) is 11.8 Å². The van der Waals surface area contributed by atoms with Gasteiger partial charge in [-0.3, -0.25) is 4.79 Å². The fourth-order valence-corrected chi connectivity index (χ4v) is 2.63. The number of aliphatic carboxylic acids is 1. The third-order valence-corrected chi connectivity index (χ3v) is 3.43. The highest BCUT2D eigenvalue weighted by Crippen LogP contribution is 2.34. The molecule has 3 heteroatoms. The molecule has 2 nitrogen and oxygen atoms in total. The molecular weight excluding hydrogens is 160 g/mol. The molecule has 0 heterocycles. The van der Waals surface area contributed by atoms with Crippen molar-refractivity contribution in [3.63, 3.8) is 0 Å². The average Bonchev–Trinajstić information content (AvgIpc) is 1.77. The molecule has 1 fully saturated rings. The molecule has 0 aromatic rings. The second-order valence-electron chi connectivity index (χ2n) is 3.10. The Bertz CT molecular complexity index is 143. The van der Waals surface area contributed by atoms with Crippen molar-refractivity contribution in [1.29, 1.82) is 0 Å². The first-order valence-corrected chi connectivity index (χ1v) is 5.00. The highest BCUT2D eigenvalue weighted by Gasteiger charge is 2.21. The van der Waals surface area contributed by atoms with Crippen molar-refractivity contribution >= 4 is 17.7 Å². The minimum Gasteiger partial charge on any atom is -0.481 e. The van der Waals surface area contributed by atoms with E-state index in [-0.39, 0.29) is 5.25 Å². The normalized spacial score (nSPS) is 20.8. The minimum atomic E-state index is -0.677. The van der Waals surface area contributed by atoms with Crippen molar-refractivity contribution < 1.29 is 9.90 Å². The minimum absolute atomic E-state index is 0.290. The summed E-state index contributed by atoms with van der Waals surface area (Å²) in [6.45, 7) is 2.00. The molecule has 1 unspecified atom stereocenters. The summed E-state index contributed by atoms with van der Waals surface area (Å²) in [5, 5.41) is 9.52. The summed E-state index contributed by atoms with van der Waals surface area (Å²) in [5.74, 6) is -0.677. The van der Waals surface area contributed by atoms with E-state index in [1.165, 1.54) is 19.3 Å². The fourth-order valence-electron chi connectivity index (χ4n) is 1.13. The lowest BCUT2D eigenvalue weighted by atomic mass is 10.00. The topological polar surface area (TPSA) is 37.3 Å². The Balaban J connectivity index is 2.09. The molecule has 0 aliphatic heterocycles. The molecule has 0 aromatic carbocycles. The summed E-state index contributed by atoms with van der Waals surface area (Å²) < 4.78 is 0. The van der Waals surface area contributed by atoms with Gasteiger partial charge in [-0.05, 0) is 12.8 Å². The third kappa shape index (κ3) is 3.14. The van der Waals surface area contributed by atoms with Crippen LogP contribution in [0, 0.1) is 0 Å². The molecule has 1 aliphatic rings. The van der Waals surface area contributed by atoms with Crippen LogP contribution in [0.4, 0.5) is 0 Å². The summed E-state index contributed by atoms with van der Waals surface area (Å²) in [6.07, 6.45) is 4.21. The van der Waals surface area contributed by atoms with Crippen molar-refractivity contribution in [3.05, 3.63) is 0 Å². The SMILES string of the molecule is CC(CC(=O)O)SC1CCC1. The van der Waals surface area contributed by atoms with E-state index in [2.05, 4.69) is 0 Å². The van der Waals surface area contributed by atoms with Crippen LogP contribution in [0.25, 0.3) is 0 Å². The molecule has 1 rings (SSSR count). The van der Waals surface area contributed by atoms with Gasteiger partial charge in [-0.1, -0.05) is 13.3 Å². The fraction of sp³-hybridized carbons (Fsp3) is 0.875. The van der Waals surface area contributed by atoms with Crippen molar-refractivity contribution in [2.45, 2.75) is 43.1 Å². The van der Waals surface area contributed by atoms with Crippen molar-refractivity contribution in [1.82, 2.24) is 0 Å². The van der Waals surface area contributed by atoms with Crippen LogP contribution in [0.15, 0.2) is 0 Å². The molecule has 1 N–H and O–H groups in total. The lowest BCUT2D eigenvalue weighted by molar-refractivity contribution is -0.136. The maximum absolute atomic E-state index is 10.3. The zero-order chi connectivity index (χ0) is 8.27. The summed E-state index contributed by atoms with van der Waals surface area (Å²) in [4.78, 5) is 10.3. The third-order valence-electron chi connectivity index (χ3n) is 1.94. The Morgan fingerprint density at radius 1 is 1.73 bits per heavy atom. The summed E-state index contributed by atoms with van der Waals surface area (Å²) in [7, 11) is 0. The van der Waals surface area contributed by atoms with Crippen LogP contribution in [0.2, 0.25) is 0 Å². The molecule has 0 saturated heterocycles. The van der Waals surface area contributed by atoms with Crippen LogP contribution in [0.3, 0.4) is 0 Å². The van der Waals surface area contributed by atoms with Crippen LogP contribution in [-0.4, -0.2) is 21.6 Å². The Hall–Kier alpha value is -0.180. The largest absolute Gasteiger partial charge is 0.481 e. The van der Waals surface area contributed by atoms with E-state index in [1.807, 2.05) is 18.7 Å². The molecule has 0 bridgehead atoms. The van der Waals surface area contributed by atoms with Crippen LogP contribution in [0.1, 0.15) is 32.6 Å². The number of hydrogen-bond acceptors (Lipinski definition) is 2. The molecule has 0 spiro atoms. The van der Waals surface area contributed by atoms with E-state index < -0.39 is 5.97 Å². The Labute approximate surface area is 71.4 Å². The maximum atomic E-state index is 10.3. The van der Waals surface area contributed by atoms with Crippen LogP contribution >= 0.6 is 11.8 Å².